The highest BCUT2D eigenvalue weighted by molar-refractivity contribution is 5.77. The average Bonchev–Trinajstić information content (AvgIpc) is 2.41. The summed E-state index contributed by atoms with van der Waals surface area (Å²) in [6, 6.07) is 6.53. The predicted octanol–water partition coefficient (Wildman–Crippen LogP) is 1.78. The number of piperidine rings is 1. The van der Waals surface area contributed by atoms with Crippen molar-refractivity contribution in [2.75, 3.05) is 6.54 Å². The zero-order valence-corrected chi connectivity index (χ0v) is 11.5. The Kier molecular flexibility index (Phi) is 4.35. The van der Waals surface area contributed by atoms with Crippen LogP contribution in [-0.4, -0.2) is 23.4 Å². The minimum Gasteiger partial charge on any atom is -0.369 e. The van der Waals surface area contributed by atoms with Gasteiger partial charge in [-0.1, -0.05) is 0 Å². The lowest BCUT2D eigenvalue weighted by molar-refractivity contribution is -0.124. The summed E-state index contributed by atoms with van der Waals surface area (Å²) in [5.74, 6) is -0.804. The number of nitrogens with zero attached hydrogens (tertiary/aromatic N) is 2. The third-order valence-corrected chi connectivity index (χ3v) is 3.97. The second-order valence-corrected chi connectivity index (χ2v) is 5.37. The lowest BCUT2D eigenvalue weighted by Gasteiger charge is -2.37. The molecule has 4 nitrogen and oxygen atoms in total. The van der Waals surface area contributed by atoms with E-state index in [1.54, 1.807) is 0 Å². The van der Waals surface area contributed by atoms with E-state index in [1.807, 2.05) is 0 Å². The third kappa shape index (κ3) is 3.14. The van der Waals surface area contributed by atoms with Crippen molar-refractivity contribution in [1.82, 2.24) is 4.90 Å². The molecule has 1 aliphatic heterocycles. The molecule has 1 heterocycles. The normalized spacial score (nSPS) is 23.2. The van der Waals surface area contributed by atoms with Crippen molar-refractivity contribution in [1.29, 1.82) is 5.26 Å². The summed E-state index contributed by atoms with van der Waals surface area (Å²) < 4.78 is 13.3. The van der Waals surface area contributed by atoms with Gasteiger partial charge in [0.05, 0.1) is 17.6 Å². The Balaban J connectivity index is 2.18. The summed E-state index contributed by atoms with van der Waals surface area (Å²) in [6.07, 6.45) is 1.67. The molecule has 0 bridgehead atoms. The number of carbonyl (C=O) groups is 1. The van der Waals surface area contributed by atoms with Gasteiger partial charge in [0.15, 0.2) is 0 Å². The number of hydrogen-bond acceptors (Lipinski definition) is 3. The van der Waals surface area contributed by atoms with Crippen molar-refractivity contribution < 1.29 is 9.18 Å². The first kappa shape index (κ1) is 14.5. The Morgan fingerprint density at radius 3 is 2.95 bits per heavy atom. The van der Waals surface area contributed by atoms with E-state index >= 15 is 0 Å². The van der Waals surface area contributed by atoms with Crippen LogP contribution in [0.2, 0.25) is 0 Å². The molecule has 1 amide bonds. The highest BCUT2D eigenvalue weighted by Crippen LogP contribution is 2.24. The number of nitriles is 1. The van der Waals surface area contributed by atoms with Gasteiger partial charge in [-0.25, -0.2) is 4.39 Å². The standard InChI is InChI=1S/C15H18FN3O/c1-10-2-3-12(15(18)20)8-19(10)9-13-6-14(16)5-4-11(13)7-17/h4-6,10,12H,2-3,8-9H2,1H3,(H2,18,20). The van der Waals surface area contributed by atoms with Crippen LogP contribution in [0.1, 0.15) is 30.9 Å². The van der Waals surface area contributed by atoms with Gasteiger partial charge < -0.3 is 5.73 Å². The Hall–Kier alpha value is -1.93. The van der Waals surface area contributed by atoms with Crippen LogP contribution in [0.3, 0.4) is 0 Å². The van der Waals surface area contributed by atoms with E-state index in [-0.39, 0.29) is 17.6 Å². The molecule has 1 aromatic rings. The first-order chi connectivity index (χ1) is 9.51. The molecule has 106 valence electrons. The second-order valence-electron chi connectivity index (χ2n) is 5.37. The van der Waals surface area contributed by atoms with Gasteiger partial charge >= 0.3 is 0 Å². The van der Waals surface area contributed by atoms with Crippen LogP contribution in [0.5, 0.6) is 0 Å². The Bertz CT molecular complexity index is 553. The minimum absolute atomic E-state index is 0.162. The number of primary amides is 1. The summed E-state index contributed by atoms with van der Waals surface area (Å²) in [5, 5.41) is 9.08. The zero-order chi connectivity index (χ0) is 14.7. The largest absolute Gasteiger partial charge is 0.369 e. The van der Waals surface area contributed by atoms with Crippen LogP contribution in [-0.2, 0) is 11.3 Å². The van der Waals surface area contributed by atoms with Crippen molar-refractivity contribution in [3.8, 4) is 6.07 Å². The number of hydrogen-bond donors (Lipinski definition) is 1. The molecular formula is C15H18FN3O. The van der Waals surface area contributed by atoms with Gasteiger partial charge in [0, 0.05) is 19.1 Å². The monoisotopic (exact) mass is 275 g/mol. The predicted molar refractivity (Wildman–Crippen MR) is 72.9 cm³/mol. The van der Waals surface area contributed by atoms with Gasteiger partial charge in [0.1, 0.15) is 5.82 Å². The van der Waals surface area contributed by atoms with Crippen molar-refractivity contribution >= 4 is 5.91 Å². The molecule has 5 heteroatoms. The van der Waals surface area contributed by atoms with Gasteiger partial charge in [0.2, 0.25) is 5.91 Å². The van der Waals surface area contributed by atoms with E-state index in [4.69, 9.17) is 11.0 Å². The molecule has 0 aliphatic carbocycles. The Morgan fingerprint density at radius 2 is 2.30 bits per heavy atom. The Labute approximate surface area is 118 Å². The van der Waals surface area contributed by atoms with Crippen LogP contribution in [0, 0.1) is 23.1 Å². The number of nitrogens with two attached hydrogens (primary N) is 1. The van der Waals surface area contributed by atoms with Crippen molar-refractivity contribution in [3.63, 3.8) is 0 Å². The molecule has 20 heavy (non-hydrogen) atoms. The molecule has 0 spiro atoms. The maximum Gasteiger partial charge on any atom is 0.221 e. The fourth-order valence-electron chi connectivity index (χ4n) is 2.65. The maximum atomic E-state index is 13.3. The molecule has 1 aliphatic rings. The highest BCUT2D eigenvalue weighted by Gasteiger charge is 2.28. The van der Waals surface area contributed by atoms with Gasteiger partial charge in [-0.2, -0.15) is 5.26 Å². The molecule has 0 aromatic heterocycles. The van der Waals surface area contributed by atoms with Gasteiger partial charge in [-0.05, 0) is 43.5 Å². The van der Waals surface area contributed by atoms with E-state index in [0.717, 1.165) is 12.8 Å². The summed E-state index contributed by atoms with van der Waals surface area (Å²) in [7, 11) is 0. The molecule has 0 saturated carbocycles. The molecule has 1 fully saturated rings. The molecule has 2 rings (SSSR count). The molecular weight excluding hydrogens is 257 g/mol. The van der Waals surface area contributed by atoms with E-state index < -0.39 is 0 Å². The first-order valence-electron chi connectivity index (χ1n) is 6.73. The van der Waals surface area contributed by atoms with Crippen molar-refractivity contribution in [3.05, 3.63) is 35.1 Å². The van der Waals surface area contributed by atoms with E-state index in [9.17, 15) is 9.18 Å². The molecule has 2 atom stereocenters. The van der Waals surface area contributed by atoms with Crippen LogP contribution in [0.4, 0.5) is 4.39 Å². The maximum absolute atomic E-state index is 13.3. The lowest BCUT2D eigenvalue weighted by atomic mass is 9.92. The van der Waals surface area contributed by atoms with Gasteiger partial charge in [-0.3, -0.25) is 9.69 Å². The topological polar surface area (TPSA) is 70.1 Å². The fraction of sp³-hybridized carbons (Fsp3) is 0.467. The van der Waals surface area contributed by atoms with Crippen molar-refractivity contribution in [2.24, 2.45) is 11.7 Å². The van der Waals surface area contributed by atoms with E-state index in [1.165, 1.54) is 18.2 Å². The molecule has 2 N–H and O–H groups in total. The minimum atomic E-state index is -0.352. The molecule has 1 aromatic carbocycles. The summed E-state index contributed by atoms with van der Waals surface area (Å²) in [6.45, 7) is 3.10. The van der Waals surface area contributed by atoms with Gasteiger partial charge in [0.25, 0.3) is 0 Å². The molecule has 0 radical (unpaired) electrons. The van der Waals surface area contributed by atoms with E-state index in [2.05, 4.69) is 17.9 Å². The molecule has 2 unspecified atom stereocenters. The summed E-state index contributed by atoms with van der Waals surface area (Å²) in [4.78, 5) is 13.4. The number of carbonyl (C=O) groups excluding carboxylic acids is 1. The quantitative estimate of drug-likeness (QED) is 0.914. The van der Waals surface area contributed by atoms with Crippen LogP contribution < -0.4 is 5.73 Å². The van der Waals surface area contributed by atoms with E-state index in [0.29, 0.717) is 30.3 Å². The fourth-order valence-corrected chi connectivity index (χ4v) is 2.65. The first-order valence-corrected chi connectivity index (χ1v) is 6.73. The van der Waals surface area contributed by atoms with Crippen molar-refractivity contribution in [2.45, 2.75) is 32.4 Å². The average molecular weight is 275 g/mol. The second kappa shape index (κ2) is 6.02. The number of amides is 1. The number of rotatable bonds is 3. The number of halogens is 1. The van der Waals surface area contributed by atoms with Crippen LogP contribution in [0.15, 0.2) is 18.2 Å². The van der Waals surface area contributed by atoms with Crippen LogP contribution >= 0.6 is 0 Å². The summed E-state index contributed by atoms with van der Waals surface area (Å²) in [5.41, 5.74) is 6.50. The summed E-state index contributed by atoms with van der Waals surface area (Å²) >= 11 is 0. The number of likely N-dealkylation sites (tertiary alicyclic amines) is 1. The SMILES string of the molecule is CC1CCC(C(N)=O)CN1Cc1cc(F)ccc1C#N. The molecule has 1 saturated heterocycles. The lowest BCUT2D eigenvalue weighted by Crippen LogP contribution is -2.45. The van der Waals surface area contributed by atoms with Crippen LogP contribution in [0.25, 0.3) is 0 Å². The zero-order valence-electron chi connectivity index (χ0n) is 11.5. The van der Waals surface area contributed by atoms with Gasteiger partial charge in [-0.15, -0.1) is 0 Å². The third-order valence-electron chi connectivity index (χ3n) is 3.97. The Morgan fingerprint density at radius 1 is 1.55 bits per heavy atom. The smallest absolute Gasteiger partial charge is 0.221 e. The highest BCUT2D eigenvalue weighted by atomic mass is 19.1. The number of benzene rings is 1.